The molecule has 2 heterocycles. The molecule has 0 spiro atoms. The van der Waals surface area contributed by atoms with Crippen molar-refractivity contribution >= 4 is 0 Å². The minimum absolute atomic E-state index is 0.0287. The van der Waals surface area contributed by atoms with E-state index in [-0.39, 0.29) is 23.1 Å². The van der Waals surface area contributed by atoms with Crippen LogP contribution in [-0.4, -0.2) is 48.1 Å². The lowest BCUT2D eigenvalue weighted by Gasteiger charge is -2.45. The Morgan fingerprint density at radius 2 is 1.95 bits per heavy atom. The van der Waals surface area contributed by atoms with E-state index in [1.165, 1.54) is 0 Å². The van der Waals surface area contributed by atoms with Crippen LogP contribution in [-0.2, 0) is 4.74 Å². The highest BCUT2D eigenvalue weighted by atomic mass is 19.1. The van der Waals surface area contributed by atoms with Crippen molar-refractivity contribution in [1.29, 1.82) is 0 Å². The molecule has 2 nitrogen and oxygen atoms in total. The number of rotatable bonds is 3. The van der Waals surface area contributed by atoms with Crippen molar-refractivity contribution in [1.82, 2.24) is 4.90 Å². The summed E-state index contributed by atoms with van der Waals surface area (Å²) in [5, 5.41) is 0. The lowest BCUT2D eigenvalue weighted by Crippen LogP contribution is -2.52. The molecule has 0 amide bonds. The van der Waals surface area contributed by atoms with Gasteiger partial charge in [0, 0.05) is 12.0 Å². The summed E-state index contributed by atoms with van der Waals surface area (Å²) in [5.41, 5.74) is 0.0455. The molecule has 4 heteroatoms. The molecule has 19 heavy (non-hydrogen) atoms. The molecule has 0 bridgehead atoms. The van der Waals surface area contributed by atoms with Gasteiger partial charge in [-0.1, -0.05) is 20.8 Å². The molecule has 0 N–H and O–H groups in total. The molecule has 3 aliphatic rings. The summed E-state index contributed by atoms with van der Waals surface area (Å²) < 4.78 is 32.8. The maximum atomic E-state index is 14.4. The topological polar surface area (TPSA) is 12.5 Å². The van der Waals surface area contributed by atoms with Crippen molar-refractivity contribution in [3.63, 3.8) is 0 Å². The molecule has 0 radical (unpaired) electrons. The van der Waals surface area contributed by atoms with Crippen LogP contribution in [0.4, 0.5) is 8.78 Å². The predicted molar refractivity (Wildman–Crippen MR) is 70.7 cm³/mol. The standard InChI is InChI=1S/C15H25F2NO/c1-14(2,3)15-5-4-6-18(15)12(11(17)8-15)9-19-13-7-10(13)16/h10-13H,4-9H2,1-3H3. The first-order chi connectivity index (χ1) is 8.85. The molecule has 5 unspecified atom stereocenters. The predicted octanol–water partition coefficient (Wildman–Crippen LogP) is 3.10. The number of alkyl halides is 2. The fourth-order valence-corrected chi connectivity index (χ4v) is 4.10. The van der Waals surface area contributed by atoms with Crippen LogP contribution >= 0.6 is 0 Å². The van der Waals surface area contributed by atoms with Gasteiger partial charge in [0.05, 0.1) is 18.8 Å². The smallest absolute Gasteiger partial charge is 0.129 e. The van der Waals surface area contributed by atoms with Crippen molar-refractivity contribution in [2.24, 2.45) is 5.41 Å². The number of halogens is 2. The second-order valence-corrected chi connectivity index (χ2v) is 7.49. The van der Waals surface area contributed by atoms with E-state index in [1.807, 2.05) is 0 Å². The van der Waals surface area contributed by atoms with Crippen LogP contribution in [0.15, 0.2) is 0 Å². The van der Waals surface area contributed by atoms with Crippen LogP contribution in [0.25, 0.3) is 0 Å². The van der Waals surface area contributed by atoms with Crippen LogP contribution in [0.2, 0.25) is 0 Å². The van der Waals surface area contributed by atoms with Crippen LogP contribution in [0.5, 0.6) is 0 Å². The quantitative estimate of drug-likeness (QED) is 0.783. The summed E-state index contributed by atoms with van der Waals surface area (Å²) in [6.45, 7) is 7.93. The van der Waals surface area contributed by atoms with Gasteiger partial charge < -0.3 is 4.74 Å². The van der Waals surface area contributed by atoms with Gasteiger partial charge >= 0.3 is 0 Å². The van der Waals surface area contributed by atoms with E-state index < -0.39 is 12.3 Å². The molecule has 0 aromatic carbocycles. The lowest BCUT2D eigenvalue weighted by atomic mass is 9.71. The fraction of sp³-hybridized carbons (Fsp3) is 1.00. The molecule has 3 fully saturated rings. The number of nitrogens with zero attached hydrogens (tertiary/aromatic N) is 1. The maximum Gasteiger partial charge on any atom is 0.129 e. The number of hydrogen-bond acceptors (Lipinski definition) is 2. The third-order valence-corrected chi connectivity index (χ3v) is 5.42. The SMILES string of the molecule is CC(C)(C)C12CCCN1C(COC1CC1F)C(F)C2. The molecule has 3 rings (SSSR count). The lowest BCUT2D eigenvalue weighted by molar-refractivity contribution is -0.00234. The third kappa shape index (κ3) is 2.11. The average molecular weight is 273 g/mol. The highest BCUT2D eigenvalue weighted by molar-refractivity contribution is 5.13. The van der Waals surface area contributed by atoms with Crippen LogP contribution < -0.4 is 0 Å². The van der Waals surface area contributed by atoms with Gasteiger partial charge in [0.2, 0.25) is 0 Å². The second kappa shape index (κ2) is 4.39. The zero-order valence-electron chi connectivity index (χ0n) is 12.2. The molecule has 0 aromatic rings. The van der Waals surface area contributed by atoms with Crippen LogP contribution in [0.1, 0.15) is 46.5 Å². The van der Waals surface area contributed by atoms with Crippen molar-refractivity contribution in [3.05, 3.63) is 0 Å². The average Bonchev–Trinajstić information content (AvgIpc) is 2.71. The number of hydrogen-bond donors (Lipinski definition) is 0. The number of ether oxygens (including phenoxy) is 1. The van der Waals surface area contributed by atoms with Crippen LogP contribution in [0.3, 0.4) is 0 Å². The van der Waals surface area contributed by atoms with E-state index in [0.717, 1.165) is 19.4 Å². The minimum atomic E-state index is -0.837. The van der Waals surface area contributed by atoms with Crippen molar-refractivity contribution < 1.29 is 13.5 Å². The van der Waals surface area contributed by atoms with E-state index in [1.54, 1.807) is 0 Å². The van der Waals surface area contributed by atoms with Gasteiger partial charge in [-0.2, -0.15) is 0 Å². The molecule has 2 saturated heterocycles. The molecular formula is C15H25F2NO. The third-order valence-electron chi connectivity index (χ3n) is 5.42. The van der Waals surface area contributed by atoms with Crippen LogP contribution in [0, 0.1) is 5.41 Å². The highest BCUT2D eigenvalue weighted by Crippen LogP contribution is 2.53. The van der Waals surface area contributed by atoms with E-state index >= 15 is 0 Å². The number of fused-ring (bicyclic) bond motifs is 1. The second-order valence-electron chi connectivity index (χ2n) is 7.49. The van der Waals surface area contributed by atoms with Gasteiger partial charge in [0.1, 0.15) is 12.3 Å². The van der Waals surface area contributed by atoms with Gasteiger partial charge in [-0.3, -0.25) is 4.90 Å². The van der Waals surface area contributed by atoms with Gasteiger partial charge in [0.25, 0.3) is 0 Å². The van der Waals surface area contributed by atoms with Crippen molar-refractivity contribution in [2.45, 2.75) is 76.5 Å². The Morgan fingerprint density at radius 3 is 2.53 bits per heavy atom. The Bertz CT molecular complexity index is 357. The maximum absolute atomic E-state index is 14.4. The van der Waals surface area contributed by atoms with Gasteiger partial charge in [0.15, 0.2) is 0 Å². The zero-order valence-corrected chi connectivity index (χ0v) is 12.2. The molecule has 110 valence electrons. The van der Waals surface area contributed by atoms with E-state index in [4.69, 9.17) is 4.74 Å². The van der Waals surface area contributed by atoms with Gasteiger partial charge in [-0.05, 0) is 31.2 Å². The Kier molecular flexibility index (Phi) is 3.17. The first kappa shape index (κ1) is 13.7. The molecule has 1 saturated carbocycles. The molecule has 5 atom stereocenters. The first-order valence-corrected chi connectivity index (χ1v) is 7.52. The van der Waals surface area contributed by atoms with E-state index in [0.29, 0.717) is 19.4 Å². The molecule has 1 aliphatic carbocycles. The summed E-state index contributed by atoms with van der Waals surface area (Å²) in [6, 6.07) is -0.172. The summed E-state index contributed by atoms with van der Waals surface area (Å²) in [6.07, 6.45) is 1.39. The Labute approximate surface area is 114 Å². The Hall–Kier alpha value is -0.220. The molecular weight excluding hydrogens is 248 g/mol. The monoisotopic (exact) mass is 273 g/mol. The first-order valence-electron chi connectivity index (χ1n) is 7.52. The van der Waals surface area contributed by atoms with Gasteiger partial charge in [-0.15, -0.1) is 0 Å². The Morgan fingerprint density at radius 1 is 1.26 bits per heavy atom. The van der Waals surface area contributed by atoms with E-state index in [9.17, 15) is 8.78 Å². The van der Waals surface area contributed by atoms with Gasteiger partial charge in [-0.25, -0.2) is 8.78 Å². The Balaban J connectivity index is 1.72. The van der Waals surface area contributed by atoms with Crippen molar-refractivity contribution in [2.75, 3.05) is 13.2 Å². The summed E-state index contributed by atoms with van der Waals surface area (Å²) in [7, 11) is 0. The summed E-state index contributed by atoms with van der Waals surface area (Å²) in [4.78, 5) is 2.33. The summed E-state index contributed by atoms with van der Waals surface area (Å²) >= 11 is 0. The van der Waals surface area contributed by atoms with E-state index in [2.05, 4.69) is 25.7 Å². The molecule has 2 aliphatic heterocycles. The largest absolute Gasteiger partial charge is 0.373 e. The fourth-order valence-electron chi connectivity index (χ4n) is 4.10. The molecule has 0 aromatic heterocycles. The normalized spacial score (nSPS) is 46.6. The highest BCUT2D eigenvalue weighted by Gasteiger charge is 2.59. The summed E-state index contributed by atoms with van der Waals surface area (Å²) in [5.74, 6) is 0. The zero-order chi connectivity index (χ0) is 13.8. The van der Waals surface area contributed by atoms with Crippen molar-refractivity contribution in [3.8, 4) is 0 Å². The minimum Gasteiger partial charge on any atom is -0.373 e.